The number of thiazole rings is 1. The lowest BCUT2D eigenvalue weighted by Crippen LogP contribution is -2.26. The topological polar surface area (TPSA) is 82.9 Å². The Kier molecular flexibility index (Phi) is 6.37. The molecule has 4 rings (SSSR count). The van der Waals surface area contributed by atoms with E-state index in [1.54, 1.807) is 6.21 Å². The molecule has 0 saturated carbocycles. The highest BCUT2D eigenvalue weighted by Crippen LogP contribution is 2.31. The lowest BCUT2D eigenvalue weighted by Gasteiger charge is -2.15. The molecule has 1 aromatic heterocycles. The minimum absolute atomic E-state index is 0.110. The number of carbonyl (C=O) groups excluding carboxylic acids is 1. The van der Waals surface area contributed by atoms with Crippen molar-refractivity contribution in [1.82, 2.24) is 9.29 Å². The number of hydrogen-bond acceptors (Lipinski definition) is 6. The summed E-state index contributed by atoms with van der Waals surface area (Å²) in [5.41, 5.74) is 3.01. The first-order valence-electron chi connectivity index (χ1n) is 10.1. The van der Waals surface area contributed by atoms with E-state index in [0.717, 1.165) is 25.6 Å². The van der Waals surface area contributed by atoms with Gasteiger partial charge in [-0.2, -0.15) is 10.1 Å². The average Bonchev–Trinajstić information content (AvgIpc) is 3.22. The first-order chi connectivity index (χ1) is 15.8. The minimum Gasteiger partial charge on any atom is -0.267 e. The number of benzene rings is 3. The molecule has 0 unspecified atom stereocenters. The largest absolute Gasteiger partial charge is 0.280 e. The maximum atomic E-state index is 13.4. The van der Waals surface area contributed by atoms with Crippen LogP contribution in [0.1, 0.15) is 21.5 Å². The highest BCUT2D eigenvalue weighted by molar-refractivity contribution is 7.89. The van der Waals surface area contributed by atoms with E-state index in [1.807, 2.05) is 55.5 Å². The first kappa shape index (κ1) is 22.8. The number of nitrogens with zero attached hydrogens (tertiary/aromatic N) is 4. The highest BCUT2D eigenvalue weighted by Gasteiger charge is 2.23. The van der Waals surface area contributed by atoms with Gasteiger partial charge in [0.2, 0.25) is 15.2 Å². The van der Waals surface area contributed by atoms with Crippen LogP contribution in [0, 0.1) is 6.92 Å². The molecule has 0 atom stereocenters. The lowest BCUT2D eigenvalue weighted by molar-refractivity contribution is 0.0987. The Hall–Kier alpha value is -3.40. The van der Waals surface area contributed by atoms with Crippen molar-refractivity contribution in [3.63, 3.8) is 0 Å². The number of aryl methyl sites for hydroxylation is 1. The second-order valence-electron chi connectivity index (χ2n) is 7.55. The summed E-state index contributed by atoms with van der Waals surface area (Å²) in [5, 5.41) is 6.12. The van der Waals surface area contributed by atoms with Crippen LogP contribution in [0.4, 0.5) is 5.13 Å². The second kappa shape index (κ2) is 9.22. The van der Waals surface area contributed by atoms with Crippen LogP contribution in [-0.4, -0.2) is 43.9 Å². The zero-order valence-corrected chi connectivity index (χ0v) is 20.0. The van der Waals surface area contributed by atoms with E-state index in [0.29, 0.717) is 10.7 Å². The molecule has 0 aliphatic heterocycles. The van der Waals surface area contributed by atoms with E-state index in [2.05, 4.69) is 10.1 Å². The van der Waals surface area contributed by atoms with Crippen LogP contribution in [0.3, 0.4) is 0 Å². The molecule has 0 saturated heterocycles. The smallest absolute Gasteiger partial charge is 0.267 e. The van der Waals surface area contributed by atoms with E-state index in [4.69, 9.17) is 0 Å². The van der Waals surface area contributed by atoms with Crippen LogP contribution < -0.4 is 5.01 Å². The first-order valence-corrected chi connectivity index (χ1v) is 12.3. The van der Waals surface area contributed by atoms with Gasteiger partial charge in [0.15, 0.2) is 0 Å². The van der Waals surface area contributed by atoms with E-state index in [1.165, 1.54) is 54.7 Å². The van der Waals surface area contributed by atoms with Gasteiger partial charge in [-0.3, -0.25) is 4.79 Å². The fourth-order valence-corrected chi connectivity index (χ4v) is 4.99. The van der Waals surface area contributed by atoms with Crippen molar-refractivity contribution in [3.8, 4) is 0 Å². The molecular formula is C24H22N4O3S2. The van der Waals surface area contributed by atoms with Crippen molar-refractivity contribution >= 4 is 48.8 Å². The molecule has 0 bridgehead atoms. The van der Waals surface area contributed by atoms with Gasteiger partial charge in [-0.1, -0.05) is 47.7 Å². The van der Waals surface area contributed by atoms with Gasteiger partial charge >= 0.3 is 0 Å². The van der Waals surface area contributed by atoms with Gasteiger partial charge in [0.25, 0.3) is 5.91 Å². The van der Waals surface area contributed by atoms with Crippen LogP contribution in [0.5, 0.6) is 0 Å². The molecule has 0 N–H and O–H groups in total. The summed E-state index contributed by atoms with van der Waals surface area (Å²) in [6.07, 6.45) is 1.60. The predicted molar refractivity (Wildman–Crippen MR) is 133 cm³/mol. The minimum atomic E-state index is -3.59. The molecule has 0 fully saturated rings. The summed E-state index contributed by atoms with van der Waals surface area (Å²) in [7, 11) is -0.668. The summed E-state index contributed by atoms with van der Waals surface area (Å²) in [4.78, 5) is 18.1. The number of hydrazone groups is 1. The zero-order chi connectivity index (χ0) is 23.6. The van der Waals surface area contributed by atoms with Crippen LogP contribution in [0.25, 0.3) is 10.2 Å². The standard InChI is InChI=1S/C24H22N4O3S2/c1-17-9-14-21-22(15-17)32-24(26-21)28(25-16-18-7-5-4-6-8-18)23(29)19-10-12-20(13-11-19)33(30,31)27(2)3/h4-16H,1-3H3/b25-16+. The van der Waals surface area contributed by atoms with Crippen molar-refractivity contribution in [2.45, 2.75) is 11.8 Å². The highest BCUT2D eigenvalue weighted by atomic mass is 32.2. The molecule has 0 aliphatic carbocycles. The summed E-state index contributed by atoms with van der Waals surface area (Å²) >= 11 is 1.37. The quantitative estimate of drug-likeness (QED) is 0.301. The Bertz CT molecular complexity index is 1430. The maximum Gasteiger partial charge on any atom is 0.280 e. The van der Waals surface area contributed by atoms with E-state index in [-0.39, 0.29) is 4.90 Å². The SMILES string of the molecule is Cc1ccc2nc(N(/N=C/c3ccccc3)C(=O)c3ccc(S(=O)(=O)N(C)C)cc3)sc2c1. The van der Waals surface area contributed by atoms with Gasteiger partial charge in [-0.25, -0.2) is 17.7 Å². The van der Waals surface area contributed by atoms with Gasteiger partial charge in [-0.15, -0.1) is 0 Å². The monoisotopic (exact) mass is 478 g/mol. The zero-order valence-electron chi connectivity index (χ0n) is 18.3. The Labute approximate surface area is 196 Å². The van der Waals surface area contributed by atoms with Crippen molar-refractivity contribution in [2.75, 3.05) is 19.1 Å². The summed E-state index contributed by atoms with van der Waals surface area (Å²) < 4.78 is 26.8. The number of fused-ring (bicyclic) bond motifs is 1. The molecule has 33 heavy (non-hydrogen) atoms. The summed E-state index contributed by atoms with van der Waals surface area (Å²) in [6, 6.07) is 21.2. The number of anilines is 1. The Morgan fingerprint density at radius 3 is 2.36 bits per heavy atom. The fourth-order valence-electron chi connectivity index (χ4n) is 3.07. The maximum absolute atomic E-state index is 13.4. The Morgan fingerprint density at radius 1 is 1.00 bits per heavy atom. The third-order valence-electron chi connectivity index (χ3n) is 4.91. The molecule has 1 heterocycles. The molecule has 3 aromatic carbocycles. The van der Waals surface area contributed by atoms with Crippen molar-refractivity contribution in [2.24, 2.45) is 5.10 Å². The average molecular weight is 479 g/mol. The molecule has 0 spiro atoms. The van der Waals surface area contributed by atoms with E-state index < -0.39 is 15.9 Å². The summed E-state index contributed by atoms with van der Waals surface area (Å²) in [6.45, 7) is 2.00. The fraction of sp³-hybridized carbons (Fsp3) is 0.125. The predicted octanol–water partition coefficient (Wildman–Crippen LogP) is 4.54. The second-order valence-corrected chi connectivity index (χ2v) is 10.7. The van der Waals surface area contributed by atoms with Crippen LogP contribution in [0.15, 0.2) is 82.8 Å². The Morgan fingerprint density at radius 2 is 1.70 bits per heavy atom. The third-order valence-corrected chi connectivity index (χ3v) is 7.73. The molecule has 168 valence electrons. The molecular weight excluding hydrogens is 456 g/mol. The molecule has 4 aromatic rings. The van der Waals surface area contributed by atoms with Gasteiger partial charge in [0.05, 0.1) is 21.3 Å². The van der Waals surface area contributed by atoms with Crippen molar-refractivity contribution in [3.05, 3.63) is 89.5 Å². The number of aromatic nitrogens is 1. The Balaban J connectivity index is 1.73. The normalized spacial score (nSPS) is 12.0. The van der Waals surface area contributed by atoms with Crippen LogP contribution in [0.2, 0.25) is 0 Å². The summed E-state index contributed by atoms with van der Waals surface area (Å²) in [5.74, 6) is -0.410. The van der Waals surface area contributed by atoms with Crippen molar-refractivity contribution in [1.29, 1.82) is 0 Å². The van der Waals surface area contributed by atoms with Gasteiger partial charge < -0.3 is 0 Å². The number of carbonyl (C=O) groups is 1. The lowest BCUT2D eigenvalue weighted by atomic mass is 10.2. The van der Waals surface area contributed by atoms with Crippen LogP contribution in [-0.2, 0) is 10.0 Å². The van der Waals surface area contributed by atoms with Crippen LogP contribution >= 0.6 is 11.3 Å². The van der Waals surface area contributed by atoms with Gasteiger partial charge in [0, 0.05) is 19.7 Å². The number of amides is 1. The molecule has 7 nitrogen and oxygen atoms in total. The molecule has 1 amide bonds. The number of hydrogen-bond donors (Lipinski definition) is 0. The molecule has 0 radical (unpaired) electrons. The molecule has 9 heteroatoms. The number of sulfonamides is 1. The van der Waals surface area contributed by atoms with E-state index in [9.17, 15) is 13.2 Å². The van der Waals surface area contributed by atoms with E-state index >= 15 is 0 Å². The third kappa shape index (κ3) is 4.85. The van der Waals surface area contributed by atoms with Crippen molar-refractivity contribution < 1.29 is 13.2 Å². The van der Waals surface area contributed by atoms with Gasteiger partial charge in [0.1, 0.15) is 0 Å². The number of rotatable bonds is 6. The van der Waals surface area contributed by atoms with Gasteiger partial charge in [-0.05, 0) is 54.4 Å². The molecule has 0 aliphatic rings.